The van der Waals surface area contributed by atoms with Gasteiger partial charge in [0.05, 0.1) is 11.1 Å². The second-order valence-electron chi connectivity index (χ2n) is 5.77. The number of hydrogen-bond acceptors (Lipinski definition) is 5. The first-order chi connectivity index (χ1) is 11.2. The van der Waals surface area contributed by atoms with Gasteiger partial charge in [-0.05, 0) is 50.4 Å². The zero-order chi connectivity index (χ0) is 16.1. The number of hydrogen-bond donors (Lipinski definition) is 2. The Balaban J connectivity index is 1.70. The monoisotopic (exact) mass is 335 g/mol. The van der Waals surface area contributed by atoms with E-state index in [1.54, 1.807) is 30.3 Å². The summed E-state index contributed by atoms with van der Waals surface area (Å²) < 4.78 is 33.0. The van der Waals surface area contributed by atoms with Crippen LogP contribution in [0.25, 0.3) is 11.3 Å². The molecule has 1 aliphatic heterocycles. The van der Waals surface area contributed by atoms with Crippen molar-refractivity contribution in [3.63, 3.8) is 0 Å². The summed E-state index contributed by atoms with van der Waals surface area (Å²) in [4.78, 5) is 0.221. The topological polar surface area (TPSA) is 84.2 Å². The van der Waals surface area contributed by atoms with E-state index >= 15 is 0 Å². The van der Waals surface area contributed by atoms with Gasteiger partial charge < -0.3 is 9.84 Å². The minimum absolute atomic E-state index is 0.221. The van der Waals surface area contributed by atoms with Crippen molar-refractivity contribution >= 4 is 10.0 Å². The molecule has 2 N–H and O–H groups in total. The van der Waals surface area contributed by atoms with E-state index in [-0.39, 0.29) is 4.90 Å². The van der Waals surface area contributed by atoms with Crippen LogP contribution in [0.2, 0.25) is 0 Å². The molecule has 0 spiro atoms. The average molecular weight is 335 g/mol. The van der Waals surface area contributed by atoms with Crippen molar-refractivity contribution in [3.05, 3.63) is 36.5 Å². The zero-order valence-corrected chi connectivity index (χ0v) is 13.7. The van der Waals surface area contributed by atoms with Gasteiger partial charge in [-0.1, -0.05) is 17.3 Å². The van der Waals surface area contributed by atoms with Gasteiger partial charge in [0.25, 0.3) is 0 Å². The number of aromatic nitrogens is 1. The number of piperidine rings is 1. The molecule has 0 radical (unpaired) electrons. The van der Waals surface area contributed by atoms with E-state index in [1.165, 1.54) is 6.20 Å². The summed E-state index contributed by atoms with van der Waals surface area (Å²) in [6.07, 6.45) is 4.66. The summed E-state index contributed by atoms with van der Waals surface area (Å²) >= 11 is 0. The van der Waals surface area contributed by atoms with Gasteiger partial charge in [0.2, 0.25) is 10.0 Å². The van der Waals surface area contributed by atoms with Crippen molar-refractivity contribution in [3.8, 4) is 11.3 Å². The second kappa shape index (κ2) is 7.25. The Morgan fingerprint density at radius 3 is 2.91 bits per heavy atom. The first-order valence-electron chi connectivity index (χ1n) is 7.87. The van der Waals surface area contributed by atoms with E-state index in [1.807, 2.05) is 0 Å². The third-order valence-corrected chi connectivity index (χ3v) is 5.64. The standard InChI is InChI=1S/C16H21N3O3S/c20-23(21,19-11-7-13-4-3-9-17-12-13)16-6-2-1-5-14(16)15-8-10-18-22-15/h1-2,5-6,8,10,13,17,19H,3-4,7,9,11-12H2. The lowest BCUT2D eigenvalue weighted by Gasteiger charge is -2.22. The Morgan fingerprint density at radius 1 is 1.30 bits per heavy atom. The van der Waals surface area contributed by atoms with E-state index in [4.69, 9.17) is 4.52 Å². The largest absolute Gasteiger partial charge is 0.356 e. The van der Waals surface area contributed by atoms with Gasteiger partial charge in [-0.2, -0.15) is 0 Å². The van der Waals surface area contributed by atoms with E-state index in [0.29, 0.717) is 23.8 Å². The van der Waals surface area contributed by atoms with Gasteiger partial charge in [-0.15, -0.1) is 0 Å². The van der Waals surface area contributed by atoms with E-state index in [2.05, 4.69) is 15.2 Å². The molecule has 0 saturated carbocycles. The van der Waals surface area contributed by atoms with Crippen molar-refractivity contribution < 1.29 is 12.9 Å². The van der Waals surface area contributed by atoms with Crippen molar-refractivity contribution in [2.45, 2.75) is 24.2 Å². The van der Waals surface area contributed by atoms with Crippen LogP contribution < -0.4 is 10.0 Å². The Morgan fingerprint density at radius 2 is 2.17 bits per heavy atom. The zero-order valence-electron chi connectivity index (χ0n) is 12.9. The fraction of sp³-hybridized carbons (Fsp3) is 0.438. The van der Waals surface area contributed by atoms with Gasteiger partial charge in [-0.25, -0.2) is 13.1 Å². The summed E-state index contributed by atoms with van der Waals surface area (Å²) in [5.74, 6) is 0.985. The smallest absolute Gasteiger partial charge is 0.241 e. The molecule has 1 unspecified atom stereocenters. The predicted octanol–water partition coefficient (Wildman–Crippen LogP) is 2.01. The highest BCUT2D eigenvalue weighted by Gasteiger charge is 2.21. The summed E-state index contributed by atoms with van der Waals surface area (Å²) in [7, 11) is -3.58. The molecule has 7 heteroatoms. The Bertz CT molecular complexity index is 723. The maximum Gasteiger partial charge on any atom is 0.241 e. The molecule has 1 aliphatic rings. The fourth-order valence-corrected chi connectivity index (χ4v) is 4.16. The fourth-order valence-electron chi connectivity index (χ4n) is 2.90. The molecular weight excluding hydrogens is 314 g/mol. The molecule has 2 heterocycles. The molecule has 6 nitrogen and oxygen atoms in total. The first-order valence-corrected chi connectivity index (χ1v) is 9.35. The Hall–Kier alpha value is -1.70. The number of nitrogens with zero attached hydrogens (tertiary/aromatic N) is 1. The van der Waals surface area contributed by atoms with E-state index in [0.717, 1.165) is 32.4 Å². The highest BCUT2D eigenvalue weighted by atomic mass is 32.2. The molecule has 124 valence electrons. The number of nitrogens with one attached hydrogen (secondary N) is 2. The highest BCUT2D eigenvalue weighted by molar-refractivity contribution is 7.89. The minimum Gasteiger partial charge on any atom is -0.356 e. The van der Waals surface area contributed by atoms with Gasteiger partial charge in [0.1, 0.15) is 0 Å². The second-order valence-corrected chi connectivity index (χ2v) is 7.51. The minimum atomic E-state index is -3.58. The maximum atomic E-state index is 12.6. The number of rotatable bonds is 6. The summed E-state index contributed by atoms with van der Waals surface area (Å²) in [5.41, 5.74) is 0.525. The lowest BCUT2D eigenvalue weighted by atomic mass is 9.96. The lowest BCUT2D eigenvalue weighted by Crippen LogP contribution is -2.33. The van der Waals surface area contributed by atoms with Crippen LogP contribution in [-0.2, 0) is 10.0 Å². The van der Waals surface area contributed by atoms with Crippen LogP contribution in [-0.4, -0.2) is 33.2 Å². The SMILES string of the molecule is O=S(=O)(NCCC1CCCNC1)c1ccccc1-c1ccno1. The molecule has 1 fully saturated rings. The molecule has 0 amide bonds. The van der Waals surface area contributed by atoms with Crippen molar-refractivity contribution in [1.82, 2.24) is 15.2 Å². The van der Waals surface area contributed by atoms with Gasteiger partial charge in [0.15, 0.2) is 5.76 Å². The van der Waals surface area contributed by atoms with Crippen LogP contribution in [0.4, 0.5) is 0 Å². The van der Waals surface area contributed by atoms with Crippen LogP contribution >= 0.6 is 0 Å². The summed E-state index contributed by atoms with van der Waals surface area (Å²) in [5, 5.41) is 6.99. The van der Waals surface area contributed by atoms with Crippen LogP contribution in [0.5, 0.6) is 0 Å². The van der Waals surface area contributed by atoms with Gasteiger partial charge in [0, 0.05) is 18.2 Å². The van der Waals surface area contributed by atoms with Crippen LogP contribution in [0.1, 0.15) is 19.3 Å². The van der Waals surface area contributed by atoms with Crippen LogP contribution in [0.15, 0.2) is 45.9 Å². The summed E-state index contributed by atoms with van der Waals surface area (Å²) in [6.45, 7) is 2.47. The van der Waals surface area contributed by atoms with E-state index < -0.39 is 10.0 Å². The Kier molecular flexibility index (Phi) is 5.09. The normalized spacial score (nSPS) is 18.9. The Labute approximate surface area is 136 Å². The number of benzene rings is 1. The quantitative estimate of drug-likeness (QED) is 0.843. The third-order valence-electron chi connectivity index (χ3n) is 4.12. The molecular formula is C16H21N3O3S. The predicted molar refractivity (Wildman–Crippen MR) is 87.3 cm³/mol. The maximum absolute atomic E-state index is 12.6. The molecule has 23 heavy (non-hydrogen) atoms. The highest BCUT2D eigenvalue weighted by Crippen LogP contribution is 2.26. The molecule has 0 bridgehead atoms. The molecule has 1 atom stereocenters. The van der Waals surface area contributed by atoms with Crippen molar-refractivity contribution in [2.24, 2.45) is 5.92 Å². The lowest BCUT2D eigenvalue weighted by molar-refractivity contribution is 0.358. The van der Waals surface area contributed by atoms with Crippen LogP contribution in [0.3, 0.4) is 0 Å². The molecule has 1 saturated heterocycles. The summed E-state index contributed by atoms with van der Waals surface area (Å²) in [6, 6.07) is 8.45. The van der Waals surface area contributed by atoms with Crippen LogP contribution in [0, 0.1) is 5.92 Å². The number of sulfonamides is 1. The van der Waals surface area contributed by atoms with Crippen molar-refractivity contribution in [2.75, 3.05) is 19.6 Å². The third kappa shape index (κ3) is 3.99. The molecule has 1 aromatic heterocycles. The first kappa shape index (κ1) is 16.2. The molecule has 1 aromatic carbocycles. The van der Waals surface area contributed by atoms with Gasteiger partial charge >= 0.3 is 0 Å². The molecule has 2 aromatic rings. The van der Waals surface area contributed by atoms with E-state index in [9.17, 15) is 8.42 Å². The molecule has 0 aliphatic carbocycles. The van der Waals surface area contributed by atoms with Gasteiger partial charge in [-0.3, -0.25) is 0 Å². The molecule has 3 rings (SSSR count). The van der Waals surface area contributed by atoms with Crippen molar-refractivity contribution in [1.29, 1.82) is 0 Å². The average Bonchev–Trinajstić information content (AvgIpc) is 3.10.